The molecule has 0 spiro atoms. The summed E-state index contributed by atoms with van der Waals surface area (Å²) in [5.41, 5.74) is 4.62. The number of hydrogen-bond donors (Lipinski definition) is 3. The quantitative estimate of drug-likeness (QED) is 0.336. The zero-order valence-corrected chi connectivity index (χ0v) is 19.2. The van der Waals surface area contributed by atoms with Gasteiger partial charge < -0.3 is 19.8 Å². The highest BCUT2D eigenvalue weighted by molar-refractivity contribution is 5.81. The van der Waals surface area contributed by atoms with Crippen molar-refractivity contribution >= 4 is 17.0 Å². The number of methoxy groups -OCH3 is 1. The van der Waals surface area contributed by atoms with Gasteiger partial charge in [0.25, 0.3) is 5.56 Å². The molecule has 172 valence electrons. The van der Waals surface area contributed by atoms with E-state index in [1.54, 1.807) is 19.5 Å². The van der Waals surface area contributed by atoms with E-state index in [9.17, 15) is 4.79 Å². The molecule has 0 saturated heterocycles. The molecule has 4 heterocycles. The van der Waals surface area contributed by atoms with E-state index in [-0.39, 0.29) is 11.6 Å². The molecule has 0 saturated carbocycles. The van der Waals surface area contributed by atoms with Crippen molar-refractivity contribution in [2.45, 2.75) is 33.2 Å². The highest BCUT2D eigenvalue weighted by atomic mass is 16.5. The van der Waals surface area contributed by atoms with Gasteiger partial charge in [0.1, 0.15) is 18.0 Å². The van der Waals surface area contributed by atoms with Crippen molar-refractivity contribution in [3.63, 3.8) is 0 Å². The lowest BCUT2D eigenvalue weighted by atomic mass is 10.0. The fourth-order valence-corrected chi connectivity index (χ4v) is 3.56. The number of hydrogen-bond acceptors (Lipinski definition) is 7. The Morgan fingerprint density at radius 2 is 1.97 bits per heavy atom. The van der Waals surface area contributed by atoms with Crippen LogP contribution < -0.4 is 15.6 Å². The van der Waals surface area contributed by atoms with Gasteiger partial charge in [0.05, 0.1) is 24.1 Å². The van der Waals surface area contributed by atoms with E-state index < -0.39 is 0 Å². The molecule has 4 rings (SSSR count). The Hall–Kier alpha value is -3.72. The summed E-state index contributed by atoms with van der Waals surface area (Å²) in [6.07, 6.45) is 5.89. The van der Waals surface area contributed by atoms with E-state index in [2.05, 4.69) is 30.2 Å². The minimum Gasteiger partial charge on any atom is -0.490 e. The average Bonchev–Trinajstić information content (AvgIpc) is 3.17. The summed E-state index contributed by atoms with van der Waals surface area (Å²) in [5, 5.41) is 4.09. The van der Waals surface area contributed by atoms with Crippen LogP contribution in [0.15, 0.2) is 41.6 Å². The Balaban J connectivity index is 1.56. The van der Waals surface area contributed by atoms with Gasteiger partial charge in [-0.25, -0.2) is 9.97 Å². The number of aryl methyl sites for hydroxylation is 1. The summed E-state index contributed by atoms with van der Waals surface area (Å²) < 4.78 is 10.7. The van der Waals surface area contributed by atoms with Crippen LogP contribution in [0, 0.1) is 6.92 Å². The van der Waals surface area contributed by atoms with Crippen molar-refractivity contribution < 1.29 is 9.47 Å². The van der Waals surface area contributed by atoms with E-state index >= 15 is 0 Å². The number of fused-ring (bicyclic) bond motifs is 1. The van der Waals surface area contributed by atoms with Gasteiger partial charge in [-0.3, -0.25) is 14.8 Å². The lowest BCUT2D eigenvalue weighted by molar-refractivity contribution is 0.146. The number of rotatable bonds is 9. The molecule has 0 atom stereocenters. The third-order valence-electron chi connectivity index (χ3n) is 5.22. The van der Waals surface area contributed by atoms with Gasteiger partial charge >= 0.3 is 0 Å². The monoisotopic (exact) mass is 448 g/mol. The van der Waals surface area contributed by atoms with Gasteiger partial charge in [-0.2, -0.15) is 0 Å². The van der Waals surface area contributed by atoms with Gasteiger partial charge in [-0.1, -0.05) is 6.07 Å². The lowest BCUT2D eigenvalue weighted by Gasteiger charge is -2.10. The third kappa shape index (κ3) is 5.20. The Morgan fingerprint density at radius 3 is 2.70 bits per heavy atom. The normalized spacial score (nSPS) is 11.3. The van der Waals surface area contributed by atoms with Crippen LogP contribution in [0.5, 0.6) is 5.75 Å². The van der Waals surface area contributed by atoms with Crippen molar-refractivity contribution in [1.82, 2.24) is 24.9 Å². The molecular weight excluding hydrogens is 420 g/mol. The first-order valence-electron chi connectivity index (χ1n) is 10.8. The second kappa shape index (κ2) is 9.83. The Labute approximate surface area is 191 Å². The molecule has 0 aliphatic rings. The van der Waals surface area contributed by atoms with Crippen LogP contribution in [0.4, 0.5) is 5.95 Å². The highest BCUT2D eigenvalue weighted by Gasteiger charge is 2.12. The molecule has 0 fully saturated rings. The predicted octanol–water partition coefficient (Wildman–Crippen LogP) is 3.45. The van der Waals surface area contributed by atoms with Crippen LogP contribution >= 0.6 is 0 Å². The second-order valence-electron chi connectivity index (χ2n) is 8.11. The first kappa shape index (κ1) is 22.5. The van der Waals surface area contributed by atoms with Gasteiger partial charge in [0.2, 0.25) is 5.95 Å². The smallest absolute Gasteiger partial charge is 0.261 e. The molecule has 0 aromatic carbocycles. The number of aromatic amines is 2. The van der Waals surface area contributed by atoms with Gasteiger partial charge in [0, 0.05) is 43.0 Å². The Kier molecular flexibility index (Phi) is 6.69. The molecule has 9 nitrogen and oxygen atoms in total. The molecule has 0 radical (unpaired) electrons. The topological polar surface area (TPSA) is 118 Å². The summed E-state index contributed by atoms with van der Waals surface area (Å²) in [5.74, 6) is 1.15. The van der Waals surface area contributed by atoms with Crippen LogP contribution in [0.3, 0.4) is 0 Å². The number of aromatic nitrogens is 5. The summed E-state index contributed by atoms with van der Waals surface area (Å²) in [6.45, 7) is 6.90. The van der Waals surface area contributed by atoms with Crippen molar-refractivity contribution in [1.29, 1.82) is 0 Å². The highest BCUT2D eigenvalue weighted by Crippen LogP contribution is 2.25. The summed E-state index contributed by atoms with van der Waals surface area (Å²) in [6, 6.07) is 6.02. The maximum atomic E-state index is 12.5. The fourth-order valence-electron chi connectivity index (χ4n) is 3.56. The molecule has 0 aliphatic carbocycles. The first-order chi connectivity index (χ1) is 15.9. The number of nitrogens with one attached hydrogen (secondary N) is 3. The largest absolute Gasteiger partial charge is 0.490 e. The number of anilines is 1. The van der Waals surface area contributed by atoms with Crippen molar-refractivity contribution in [3.8, 4) is 17.0 Å². The minimum atomic E-state index is -0.225. The molecule has 3 N–H and O–H groups in total. The van der Waals surface area contributed by atoms with Crippen LogP contribution in [-0.2, 0) is 11.2 Å². The Morgan fingerprint density at radius 1 is 1.12 bits per heavy atom. The first-order valence-corrected chi connectivity index (χ1v) is 10.8. The van der Waals surface area contributed by atoms with Crippen LogP contribution in [0.1, 0.15) is 30.7 Å². The maximum Gasteiger partial charge on any atom is 0.261 e. The molecule has 0 aliphatic heterocycles. The summed E-state index contributed by atoms with van der Waals surface area (Å²) >= 11 is 0. The summed E-state index contributed by atoms with van der Waals surface area (Å²) in [7, 11) is 1.64. The number of pyridine rings is 2. The third-order valence-corrected chi connectivity index (χ3v) is 5.22. The summed E-state index contributed by atoms with van der Waals surface area (Å²) in [4.78, 5) is 32.0. The zero-order valence-electron chi connectivity index (χ0n) is 19.2. The molecule has 4 aromatic heterocycles. The van der Waals surface area contributed by atoms with E-state index in [1.165, 1.54) is 0 Å². The minimum absolute atomic E-state index is 0.173. The number of H-pyrrole nitrogens is 2. The fraction of sp³-hybridized carbons (Fsp3) is 0.333. The van der Waals surface area contributed by atoms with E-state index in [0.717, 1.165) is 27.9 Å². The number of nitrogens with zero attached hydrogens (tertiary/aromatic N) is 3. The Bertz CT molecular complexity index is 1310. The molecular formula is C24H28N6O3. The van der Waals surface area contributed by atoms with Crippen LogP contribution in [0.2, 0.25) is 0 Å². The van der Waals surface area contributed by atoms with Crippen LogP contribution in [0.25, 0.3) is 22.3 Å². The standard InChI is InChI=1S/C24H28N6O3/c1-14(2)28-24-27-13-20(23(31)30-24)21-6-5-16(15(3)29-21)9-17-11-25-22-19(17)10-18(12-26-22)33-8-7-32-4/h5-6,10-14H,7-9H2,1-4H3,(H,25,26)(H2,27,28,30,31). The number of ether oxygens (including phenoxy) is 2. The SMILES string of the molecule is COCCOc1cnc2[nH]cc(Cc3ccc(-c4cnc(NC(C)C)[nH]c4=O)nc3C)c2c1. The lowest BCUT2D eigenvalue weighted by Crippen LogP contribution is -2.18. The van der Waals surface area contributed by atoms with Crippen molar-refractivity contribution in [3.05, 3.63) is 64.0 Å². The molecule has 0 amide bonds. The van der Waals surface area contributed by atoms with E-state index in [1.807, 2.05) is 45.2 Å². The molecule has 4 aromatic rings. The van der Waals surface area contributed by atoms with E-state index in [4.69, 9.17) is 9.47 Å². The van der Waals surface area contributed by atoms with Gasteiger partial charge in [0.15, 0.2) is 0 Å². The van der Waals surface area contributed by atoms with Crippen molar-refractivity contribution in [2.75, 3.05) is 25.6 Å². The maximum absolute atomic E-state index is 12.5. The molecule has 0 bridgehead atoms. The second-order valence-corrected chi connectivity index (χ2v) is 8.11. The van der Waals surface area contributed by atoms with Crippen molar-refractivity contribution in [2.24, 2.45) is 0 Å². The molecule has 9 heteroatoms. The van der Waals surface area contributed by atoms with Gasteiger partial charge in [-0.15, -0.1) is 0 Å². The van der Waals surface area contributed by atoms with E-state index in [0.29, 0.717) is 42.6 Å². The zero-order chi connectivity index (χ0) is 23.4. The average molecular weight is 449 g/mol. The predicted molar refractivity (Wildman–Crippen MR) is 128 cm³/mol. The van der Waals surface area contributed by atoms with Gasteiger partial charge in [-0.05, 0) is 44.0 Å². The molecule has 33 heavy (non-hydrogen) atoms. The molecule has 0 unspecified atom stereocenters. The van der Waals surface area contributed by atoms with Crippen LogP contribution in [-0.4, -0.2) is 51.3 Å².